The highest BCUT2D eigenvalue weighted by atomic mass is 32.2. The molecule has 0 aliphatic carbocycles. The highest BCUT2D eigenvalue weighted by Gasteiger charge is 2.11. The maximum absolute atomic E-state index is 12.8. The summed E-state index contributed by atoms with van der Waals surface area (Å²) in [5, 5.41) is 16.5. The fourth-order valence-electron chi connectivity index (χ4n) is 1.91. The van der Waals surface area contributed by atoms with Crippen LogP contribution in [0.1, 0.15) is 0 Å². The van der Waals surface area contributed by atoms with Gasteiger partial charge in [-0.05, 0) is 30.3 Å². The molecule has 24 heavy (non-hydrogen) atoms. The maximum atomic E-state index is 12.8. The summed E-state index contributed by atoms with van der Waals surface area (Å²) in [5.41, 5.74) is 0.410. The number of nitro groups is 1. The van der Waals surface area contributed by atoms with E-state index in [4.69, 9.17) is 0 Å². The molecule has 126 valence electrons. The molecule has 0 unspecified atom stereocenters. The van der Waals surface area contributed by atoms with Crippen molar-refractivity contribution in [2.75, 3.05) is 24.2 Å². The van der Waals surface area contributed by atoms with Crippen molar-refractivity contribution in [1.82, 2.24) is 5.32 Å². The average Bonchev–Trinajstić information content (AvgIpc) is 2.58. The second-order valence-electron chi connectivity index (χ2n) is 4.79. The largest absolute Gasteiger partial charge is 0.378 e. The van der Waals surface area contributed by atoms with Crippen LogP contribution >= 0.6 is 11.8 Å². The van der Waals surface area contributed by atoms with Crippen LogP contribution in [0.4, 0.5) is 15.8 Å². The molecule has 6 nitrogen and oxygen atoms in total. The van der Waals surface area contributed by atoms with Crippen molar-refractivity contribution in [3.05, 3.63) is 64.5 Å². The zero-order valence-electron chi connectivity index (χ0n) is 12.7. The summed E-state index contributed by atoms with van der Waals surface area (Å²) in [6, 6.07) is 12.2. The van der Waals surface area contributed by atoms with Gasteiger partial charge in [-0.2, -0.15) is 0 Å². The molecular weight excluding hydrogens is 333 g/mol. The lowest BCUT2D eigenvalue weighted by molar-refractivity contribution is -0.384. The SMILES string of the molecule is O=C(CSc1ccc(F)cc1)NCCNc1ccccc1[N+](=O)[O-]. The number of rotatable bonds is 8. The van der Waals surface area contributed by atoms with Gasteiger partial charge in [0.25, 0.3) is 5.69 Å². The number of nitrogens with zero attached hydrogens (tertiary/aromatic N) is 1. The minimum absolute atomic E-state index is 0.00399. The van der Waals surface area contributed by atoms with Gasteiger partial charge in [-0.15, -0.1) is 11.8 Å². The normalized spacial score (nSPS) is 10.2. The van der Waals surface area contributed by atoms with Crippen molar-refractivity contribution in [3.63, 3.8) is 0 Å². The van der Waals surface area contributed by atoms with Crippen molar-refractivity contribution in [3.8, 4) is 0 Å². The van der Waals surface area contributed by atoms with Gasteiger partial charge in [0.2, 0.25) is 5.91 Å². The molecule has 0 spiro atoms. The van der Waals surface area contributed by atoms with Crippen molar-refractivity contribution >= 4 is 29.0 Å². The highest BCUT2D eigenvalue weighted by molar-refractivity contribution is 8.00. The van der Waals surface area contributed by atoms with E-state index < -0.39 is 4.92 Å². The summed E-state index contributed by atoms with van der Waals surface area (Å²) in [6.07, 6.45) is 0. The number of para-hydroxylation sites is 2. The van der Waals surface area contributed by atoms with E-state index in [-0.39, 0.29) is 23.2 Å². The van der Waals surface area contributed by atoms with Crippen molar-refractivity contribution in [1.29, 1.82) is 0 Å². The molecule has 0 bridgehead atoms. The minimum atomic E-state index is -0.458. The monoisotopic (exact) mass is 349 g/mol. The number of carbonyl (C=O) groups is 1. The Labute approximate surface area is 142 Å². The highest BCUT2D eigenvalue weighted by Crippen LogP contribution is 2.22. The van der Waals surface area contributed by atoms with Gasteiger partial charge in [0.05, 0.1) is 10.7 Å². The number of nitrogens with one attached hydrogen (secondary N) is 2. The summed E-state index contributed by atoms with van der Waals surface area (Å²) in [5.74, 6) is -0.254. The summed E-state index contributed by atoms with van der Waals surface area (Å²) in [6.45, 7) is 0.715. The van der Waals surface area contributed by atoms with E-state index in [0.29, 0.717) is 18.8 Å². The Bertz CT molecular complexity index is 710. The summed E-state index contributed by atoms with van der Waals surface area (Å²) in [4.78, 5) is 23.0. The topological polar surface area (TPSA) is 84.3 Å². The van der Waals surface area contributed by atoms with Crippen LogP contribution in [0.25, 0.3) is 0 Å². The summed E-state index contributed by atoms with van der Waals surface area (Å²) >= 11 is 1.31. The maximum Gasteiger partial charge on any atom is 0.292 e. The standard InChI is InChI=1S/C16H16FN3O3S/c17-12-5-7-13(8-6-12)24-11-16(21)19-10-9-18-14-3-1-2-4-15(14)20(22)23/h1-8,18H,9-11H2,(H,19,21). The van der Waals surface area contributed by atoms with Gasteiger partial charge in [-0.25, -0.2) is 4.39 Å². The van der Waals surface area contributed by atoms with E-state index in [9.17, 15) is 19.3 Å². The van der Waals surface area contributed by atoms with Crippen LogP contribution < -0.4 is 10.6 Å². The molecule has 2 rings (SSSR count). The molecule has 0 atom stereocenters. The Hall–Kier alpha value is -2.61. The molecule has 0 fully saturated rings. The van der Waals surface area contributed by atoms with Crippen LogP contribution in [0.2, 0.25) is 0 Å². The molecule has 0 aromatic heterocycles. The number of hydrogen-bond acceptors (Lipinski definition) is 5. The van der Waals surface area contributed by atoms with Crippen LogP contribution in [0.15, 0.2) is 53.4 Å². The van der Waals surface area contributed by atoms with Gasteiger partial charge >= 0.3 is 0 Å². The van der Waals surface area contributed by atoms with E-state index in [2.05, 4.69) is 10.6 Å². The van der Waals surface area contributed by atoms with E-state index >= 15 is 0 Å². The molecule has 2 aromatic carbocycles. The molecular formula is C16H16FN3O3S. The Balaban J connectivity index is 1.69. The molecule has 2 N–H and O–H groups in total. The van der Waals surface area contributed by atoms with Crippen LogP contribution in [-0.2, 0) is 4.79 Å². The number of benzene rings is 2. The number of amides is 1. The number of thioether (sulfide) groups is 1. The Morgan fingerprint density at radius 3 is 2.54 bits per heavy atom. The van der Waals surface area contributed by atoms with Gasteiger partial charge in [0, 0.05) is 24.1 Å². The van der Waals surface area contributed by atoms with Crippen molar-refractivity contribution in [2.24, 2.45) is 0 Å². The van der Waals surface area contributed by atoms with Crippen LogP contribution in [-0.4, -0.2) is 29.7 Å². The molecule has 0 saturated carbocycles. The molecule has 0 heterocycles. The number of carbonyl (C=O) groups excluding carboxylic acids is 1. The van der Waals surface area contributed by atoms with Gasteiger partial charge < -0.3 is 10.6 Å². The number of halogens is 1. The van der Waals surface area contributed by atoms with Crippen LogP contribution in [0, 0.1) is 15.9 Å². The third-order valence-electron chi connectivity index (χ3n) is 3.05. The van der Waals surface area contributed by atoms with E-state index in [1.807, 2.05) is 0 Å². The fraction of sp³-hybridized carbons (Fsp3) is 0.188. The predicted molar refractivity (Wildman–Crippen MR) is 91.7 cm³/mol. The van der Waals surface area contributed by atoms with Crippen molar-refractivity contribution in [2.45, 2.75) is 4.90 Å². The second-order valence-corrected chi connectivity index (χ2v) is 5.84. The molecule has 0 saturated heterocycles. The first-order valence-electron chi connectivity index (χ1n) is 7.18. The fourth-order valence-corrected chi connectivity index (χ4v) is 2.64. The Kier molecular flexibility index (Phi) is 6.56. The number of nitro benzene ring substituents is 1. The molecule has 8 heteroatoms. The van der Waals surface area contributed by atoms with E-state index in [0.717, 1.165) is 4.90 Å². The first kappa shape index (κ1) is 17.7. The first-order valence-corrected chi connectivity index (χ1v) is 8.17. The van der Waals surface area contributed by atoms with Gasteiger partial charge in [0.15, 0.2) is 0 Å². The molecule has 0 aliphatic rings. The third-order valence-corrected chi connectivity index (χ3v) is 4.06. The lowest BCUT2D eigenvalue weighted by Gasteiger charge is -2.08. The second kappa shape index (κ2) is 8.88. The zero-order chi connectivity index (χ0) is 17.4. The van der Waals surface area contributed by atoms with E-state index in [1.165, 1.54) is 30.0 Å². The van der Waals surface area contributed by atoms with Crippen molar-refractivity contribution < 1.29 is 14.1 Å². The lowest BCUT2D eigenvalue weighted by atomic mass is 10.2. The lowest BCUT2D eigenvalue weighted by Crippen LogP contribution is -2.30. The Morgan fingerprint density at radius 1 is 1.12 bits per heavy atom. The molecule has 1 amide bonds. The number of hydrogen-bond donors (Lipinski definition) is 2. The summed E-state index contributed by atoms with van der Waals surface area (Å²) < 4.78 is 12.8. The zero-order valence-corrected chi connectivity index (χ0v) is 13.5. The average molecular weight is 349 g/mol. The van der Waals surface area contributed by atoms with Gasteiger partial charge in [-0.3, -0.25) is 14.9 Å². The van der Waals surface area contributed by atoms with E-state index in [1.54, 1.807) is 30.3 Å². The first-order chi connectivity index (χ1) is 11.6. The molecule has 0 aliphatic heterocycles. The van der Waals surface area contributed by atoms with Crippen LogP contribution in [0.3, 0.4) is 0 Å². The van der Waals surface area contributed by atoms with Gasteiger partial charge in [0.1, 0.15) is 11.5 Å². The quantitative estimate of drug-likeness (QED) is 0.331. The summed E-state index contributed by atoms with van der Waals surface area (Å²) in [7, 11) is 0. The predicted octanol–water partition coefficient (Wildman–Crippen LogP) is 3.05. The minimum Gasteiger partial charge on any atom is -0.378 e. The third kappa shape index (κ3) is 5.54. The molecule has 0 radical (unpaired) electrons. The Morgan fingerprint density at radius 2 is 1.83 bits per heavy atom. The van der Waals surface area contributed by atoms with Gasteiger partial charge in [-0.1, -0.05) is 12.1 Å². The van der Waals surface area contributed by atoms with Crippen LogP contribution in [0.5, 0.6) is 0 Å². The number of anilines is 1. The smallest absolute Gasteiger partial charge is 0.292 e. The molecule has 2 aromatic rings.